The highest BCUT2D eigenvalue weighted by Crippen LogP contribution is 2.04. The Balaban J connectivity index is 3.41. The van der Waals surface area contributed by atoms with Crippen molar-refractivity contribution in [1.82, 2.24) is 10.6 Å². The first-order valence-electron chi connectivity index (χ1n) is 6.35. The van der Waals surface area contributed by atoms with Gasteiger partial charge < -0.3 is 10.4 Å². The van der Waals surface area contributed by atoms with E-state index in [4.69, 9.17) is 5.11 Å². The third kappa shape index (κ3) is 11.3. The molecule has 0 aromatic rings. The summed E-state index contributed by atoms with van der Waals surface area (Å²) in [6, 6.07) is 0. The summed E-state index contributed by atoms with van der Waals surface area (Å²) < 4.78 is 0. The highest BCUT2D eigenvalue weighted by molar-refractivity contribution is 5.96. The van der Waals surface area contributed by atoms with Gasteiger partial charge in [-0.3, -0.25) is 14.9 Å². The van der Waals surface area contributed by atoms with Gasteiger partial charge in [-0.05, 0) is 6.42 Å². The fourth-order valence-corrected chi connectivity index (χ4v) is 1.43. The topological polar surface area (TPSA) is 78.4 Å². The van der Waals surface area contributed by atoms with Crippen molar-refractivity contribution < 1.29 is 14.7 Å². The summed E-state index contributed by atoms with van der Waals surface area (Å²) in [6.45, 7) is 2.56. The molecule has 0 spiro atoms. The predicted molar refractivity (Wildman–Crippen MR) is 66.5 cm³/mol. The highest BCUT2D eigenvalue weighted by atomic mass is 16.3. The van der Waals surface area contributed by atoms with Crippen LogP contribution >= 0.6 is 0 Å². The molecule has 5 nitrogen and oxygen atoms in total. The Bertz CT molecular complexity index is 220. The summed E-state index contributed by atoms with van der Waals surface area (Å²) >= 11 is 0. The Labute approximate surface area is 103 Å². The van der Waals surface area contributed by atoms with Crippen LogP contribution in [0, 0.1) is 0 Å². The fraction of sp³-hybridized carbons (Fsp3) is 0.833. The zero-order valence-electron chi connectivity index (χ0n) is 10.6. The van der Waals surface area contributed by atoms with Crippen molar-refractivity contribution in [2.45, 2.75) is 45.4 Å². The van der Waals surface area contributed by atoms with Crippen LogP contribution in [0.4, 0.5) is 0 Å². The normalized spacial score (nSPS) is 10.2. The van der Waals surface area contributed by atoms with Crippen LogP contribution in [0.3, 0.4) is 0 Å². The lowest BCUT2D eigenvalue weighted by Gasteiger charge is -2.04. The van der Waals surface area contributed by atoms with Crippen LogP contribution in [-0.2, 0) is 9.59 Å². The lowest BCUT2D eigenvalue weighted by Crippen LogP contribution is -2.38. The van der Waals surface area contributed by atoms with Crippen molar-refractivity contribution in [3.05, 3.63) is 0 Å². The van der Waals surface area contributed by atoms with E-state index in [2.05, 4.69) is 17.6 Å². The number of imide groups is 1. The number of aliphatic hydroxyl groups excluding tert-OH is 1. The number of hydrogen-bond donors (Lipinski definition) is 3. The van der Waals surface area contributed by atoms with Gasteiger partial charge in [0.1, 0.15) is 0 Å². The molecule has 0 radical (unpaired) electrons. The second-order valence-electron chi connectivity index (χ2n) is 4.04. The molecular formula is C12H24N2O3. The van der Waals surface area contributed by atoms with E-state index >= 15 is 0 Å². The molecule has 100 valence electrons. The quantitative estimate of drug-likeness (QED) is 0.491. The summed E-state index contributed by atoms with van der Waals surface area (Å²) in [5, 5.41) is 13.5. The molecule has 0 aliphatic carbocycles. The smallest absolute Gasteiger partial charge is 0.240 e. The maximum Gasteiger partial charge on any atom is 0.240 e. The highest BCUT2D eigenvalue weighted by Gasteiger charge is 2.06. The standard InChI is InChI=1S/C12H24N2O3/c1-2-3-4-5-6-7-11(16)14-12(17)10-13-8-9-15/h13,15H,2-10H2,1H3,(H,14,16,17). The maximum absolute atomic E-state index is 11.3. The molecule has 0 aliphatic rings. The maximum atomic E-state index is 11.3. The third-order valence-corrected chi connectivity index (χ3v) is 2.36. The average molecular weight is 244 g/mol. The minimum Gasteiger partial charge on any atom is -0.395 e. The van der Waals surface area contributed by atoms with Crippen molar-refractivity contribution in [1.29, 1.82) is 0 Å². The molecule has 0 saturated heterocycles. The van der Waals surface area contributed by atoms with Crippen LogP contribution in [0.1, 0.15) is 45.4 Å². The first-order valence-corrected chi connectivity index (χ1v) is 6.35. The minimum atomic E-state index is -0.336. The van der Waals surface area contributed by atoms with Crippen LogP contribution in [0.25, 0.3) is 0 Å². The summed E-state index contributed by atoms with van der Waals surface area (Å²) in [4.78, 5) is 22.5. The van der Waals surface area contributed by atoms with E-state index < -0.39 is 0 Å². The Kier molecular flexibility index (Phi) is 10.9. The second-order valence-corrected chi connectivity index (χ2v) is 4.04. The van der Waals surface area contributed by atoms with E-state index in [1.807, 2.05) is 0 Å². The summed E-state index contributed by atoms with van der Waals surface area (Å²) in [5.41, 5.74) is 0. The van der Waals surface area contributed by atoms with Gasteiger partial charge in [-0.15, -0.1) is 0 Å². The van der Waals surface area contributed by atoms with Crippen LogP contribution in [0.5, 0.6) is 0 Å². The lowest BCUT2D eigenvalue weighted by atomic mass is 10.1. The molecule has 0 heterocycles. The van der Waals surface area contributed by atoms with Crippen LogP contribution in [-0.4, -0.2) is 36.6 Å². The molecule has 0 atom stereocenters. The van der Waals surface area contributed by atoms with Crippen molar-refractivity contribution in [3.63, 3.8) is 0 Å². The number of carbonyl (C=O) groups excluding carboxylic acids is 2. The van der Waals surface area contributed by atoms with Gasteiger partial charge in [0.2, 0.25) is 11.8 Å². The number of unbranched alkanes of at least 4 members (excludes halogenated alkanes) is 4. The second kappa shape index (κ2) is 11.5. The van der Waals surface area contributed by atoms with Gasteiger partial charge >= 0.3 is 0 Å². The van der Waals surface area contributed by atoms with Gasteiger partial charge in [0.25, 0.3) is 0 Å². The summed E-state index contributed by atoms with van der Waals surface area (Å²) in [6.07, 6.45) is 5.82. The summed E-state index contributed by atoms with van der Waals surface area (Å²) in [5.74, 6) is -0.547. The Hall–Kier alpha value is -0.940. The number of carbonyl (C=O) groups is 2. The number of hydrogen-bond acceptors (Lipinski definition) is 4. The minimum absolute atomic E-state index is 0.0152. The van der Waals surface area contributed by atoms with E-state index in [0.29, 0.717) is 13.0 Å². The predicted octanol–water partition coefficient (Wildman–Crippen LogP) is 0.572. The van der Waals surface area contributed by atoms with Gasteiger partial charge in [0, 0.05) is 13.0 Å². The zero-order valence-corrected chi connectivity index (χ0v) is 10.6. The molecule has 2 amide bonds. The molecule has 0 unspecified atom stereocenters. The van der Waals surface area contributed by atoms with E-state index in [1.165, 1.54) is 12.8 Å². The molecule has 0 aromatic heterocycles. The Morgan fingerprint density at radius 1 is 1.06 bits per heavy atom. The van der Waals surface area contributed by atoms with Gasteiger partial charge in [-0.25, -0.2) is 0 Å². The summed E-state index contributed by atoms with van der Waals surface area (Å²) in [7, 11) is 0. The van der Waals surface area contributed by atoms with Gasteiger partial charge in [0.05, 0.1) is 13.2 Å². The van der Waals surface area contributed by atoms with E-state index in [0.717, 1.165) is 19.3 Å². The van der Waals surface area contributed by atoms with Crippen molar-refractivity contribution in [2.75, 3.05) is 19.7 Å². The van der Waals surface area contributed by atoms with Gasteiger partial charge in [-0.2, -0.15) is 0 Å². The number of amides is 2. The largest absolute Gasteiger partial charge is 0.395 e. The van der Waals surface area contributed by atoms with Gasteiger partial charge in [0.15, 0.2) is 0 Å². The molecular weight excluding hydrogens is 220 g/mol. The molecule has 0 fully saturated rings. The van der Waals surface area contributed by atoms with Crippen molar-refractivity contribution >= 4 is 11.8 Å². The molecule has 5 heteroatoms. The third-order valence-electron chi connectivity index (χ3n) is 2.36. The van der Waals surface area contributed by atoms with Crippen molar-refractivity contribution in [2.24, 2.45) is 0 Å². The average Bonchev–Trinajstić information content (AvgIpc) is 2.29. The van der Waals surface area contributed by atoms with E-state index in [1.54, 1.807) is 0 Å². The van der Waals surface area contributed by atoms with Crippen molar-refractivity contribution in [3.8, 4) is 0 Å². The first-order chi connectivity index (χ1) is 8.20. The molecule has 0 saturated carbocycles. The van der Waals surface area contributed by atoms with E-state index in [9.17, 15) is 9.59 Å². The monoisotopic (exact) mass is 244 g/mol. The SMILES string of the molecule is CCCCCCCC(=O)NC(=O)CNCCO. The van der Waals surface area contributed by atoms with Crippen LogP contribution < -0.4 is 10.6 Å². The molecule has 3 N–H and O–H groups in total. The molecule has 17 heavy (non-hydrogen) atoms. The van der Waals surface area contributed by atoms with Crippen LogP contribution in [0.15, 0.2) is 0 Å². The van der Waals surface area contributed by atoms with Gasteiger partial charge in [-0.1, -0.05) is 32.6 Å². The van der Waals surface area contributed by atoms with Crippen LogP contribution in [0.2, 0.25) is 0 Å². The number of nitrogens with one attached hydrogen (secondary N) is 2. The lowest BCUT2D eigenvalue weighted by molar-refractivity contribution is -0.130. The first kappa shape index (κ1) is 16.1. The molecule has 0 rings (SSSR count). The van der Waals surface area contributed by atoms with E-state index in [-0.39, 0.29) is 25.0 Å². The fourth-order valence-electron chi connectivity index (χ4n) is 1.43. The molecule has 0 aliphatic heterocycles. The number of aliphatic hydroxyl groups is 1. The molecule has 0 aromatic carbocycles. The number of rotatable bonds is 10. The molecule has 0 bridgehead atoms. The zero-order chi connectivity index (χ0) is 12.9. The Morgan fingerprint density at radius 3 is 2.41 bits per heavy atom. The Morgan fingerprint density at radius 2 is 1.76 bits per heavy atom.